The van der Waals surface area contributed by atoms with Crippen LogP contribution in [0.4, 0.5) is 10.2 Å². The molecule has 0 spiro atoms. The number of anilines is 1. The Bertz CT molecular complexity index is 1500. The third-order valence-electron chi connectivity index (χ3n) is 6.28. The van der Waals surface area contributed by atoms with E-state index in [0.717, 1.165) is 22.9 Å². The van der Waals surface area contributed by atoms with E-state index in [1.165, 1.54) is 30.6 Å². The average molecular weight is 468 g/mol. The van der Waals surface area contributed by atoms with Gasteiger partial charge in [-0.25, -0.2) is 14.4 Å². The van der Waals surface area contributed by atoms with Gasteiger partial charge in [0.2, 0.25) is 0 Å². The second-order valence-electron chi connectivity index (χ2n) is 8.39. The van der Waals surface area contributed by atoms with Crippen LogP contribution in [0.2, 0.25) is 0 Å². The summed E-state index contributed by atoms with van der Waals surface area (Å²) in [4.78, 5) is 35.4. The Morgan fingerprint density at radius 1 is 1.06 bits per heavy atom. The van der Waals surface area contributed by atoms with Crippen molar-refractivity contribution < 1.29 is 14.0 Å². The van der Waals surface area contributed by atoms with Gasteiger partial charge < -0.3 is 15.2 Å². The Labute approximate surface area is 201 Å². The minimum Gasteiger partial charge on any atom is -0.383 e. The van der Waals surface area contributed by atoms with Crippen molar-refractivity contribution in [2.45, 2.75) is 19.4 Å². The van der Waals surface area contributed by atoms with E-state index in [-0.39, 0.29) is 23.5 Å². The molecule has 1 aliphatic heterocycles. The maximum Gasteiger partial charge on any atom is 0.298 e. The lowest BCUT2D eigenvalue weighted by molar-refractivity contribution is -0.124. The summed E-state index contributed by atoms with van der Waals surface area (Å²) in [6, 6.07) is 12.7. The van der Waals surface area contributed by atoms with Crippen molar-refractivity contribution in [3.8, 4) is 23.0 Å². The molecule has 4 aromatic rings. The topological polar surface area (TPSA) is 94.1 Å². The number of carbonyl (C=O) groups is 2. The van der Waals surface area contributed by atoms with E-state index in [1.54, 1.807) is 24.0 Å². The highest BCUT2D eigenvalue weighted by molar-refractivity contribution is 6.09. The number of nitrogens with two attached hydrogens (primary N) is 1. The van der Waals surface area contributed by atoms with Gasteiger partial charge in [-0.2, -0.15) is 0 Å². The summed E-state index contributed by atoms with van der Waals surface area (Å²) in [7, 11) is 0. The van der Waals surface area contributed by atoms with E-state index in [2.05, 4.69) is 21.8 Å². The molecule has 2 aromatic heterocycles. The minimum atomic E-state index is -0.388. The molecule has 0 saturated carbocycles. The Balaban J connectivity index is 1.49. The molecule has 8 heteroatoms. The Hall–Kier alpha value is -4.51. The highest BCUT2D eigenvalue weighted by atomic mass is 19.1. The van der Waals surface area contributed by atoms with Crippen molar-refractivity contribution in [3.05, 3.63) is 78.0 Å². The van der Waals surface area contributed by atoms with E-state index in [1.807, 2.05) is 22.9 Å². The van der Waals surface area contributed by atoms with Gasteiger partial charge in [-0.15, -0.1) is 0 Å². The fourth-order valence-corrected chi connectivity index (χ4v) is 4.51. The van der Waals surface area contributed by atoms with Crippen LogP contribution in [0, 0.1) is 17.7 Å². The zero-order valence-electron chi connectivity index (χ0n) is 19.0. The molecule has 2 N–H and O–H groups in total. The van der Waals surface area contributed by atoms with Crippen LogP contribution in [-0.4, -0.2) is 44.2 Å². The monoisotopic (exact) mass is 467 g/mol. The number of amides is 1. The number of fused-ring (bicyclic) bond motifs is 1. The molecule has 0 radical (unpaired) electrons. The fraction of sp³-hybridized carbons (Fsp3) is 0.185. The highest BCUT2D eigenvalue weighted by Gasteiger charge is 2.29. The maximum absolute atomic E-state index is 13.2. The van der Waals surface area contributed by atoms with Gasteiger partial charge in [0.25, 0.3) is 5.91 Å². The Morgan fingerprint density at radius 3 is 2.43 bits per heavy atom. The summed E-state index contributed by atoms with van der Waals surface area (Å²) in [6.45, 7) is 2.80. The summed E-state index contributed by atoms with van der Waals surface area (Å²) >= 11 is 0. The van der Waals surface area contributed by atoms with Crippen molar-refractivity contribution in [2.24, 2.45) is 0 Å². The van der Waals surface area contributed by atoms with Crippen molar-refractivity contribution in [1.82, 2.24) is 19.4 Å². The second-order valence-corrected chi connectivity index (χ2v) is 8.39. The second kappa shape index (κ2) is 9.03. The van der Waals surface area contributed by atoms with E-state index < -0.39 is 0 Å². The molecule has 174 valence electrons. The lowest BCUT2D eigenvalue weighted by Crippen LogP contribution is -2.27. The van der Waals surface area contributed by atoms with Crippen molar-refractivity contribution in [2.75, 3.05) is 18.8 Å². The first-order valence-corrected chi connectivity index (χ1v) is 11.2. The van der Waals surface area contributed by atoms with Crippen LogP contribution in [0.15, 0.2) is 61.1 Å². The number of halogens is 1. The summed E-state index contributed by atoms with van der Waals surface area (Å²) in [6.07, 6.45) is 4.19. The van der Waals surface area contributed by atoms with E-state index in [4.69, 9.17) is 5.73 Å². The first-order valence-electron chi connectivity index (χ1n) is 11.2. The maximum atomic E-state index is 13.2. The van der Waals surface area contributed by atoms with Crippen LogP contribution in [0.25, 0.3) is 22.2 Å². The van der Waals surface area contributed by atoms with Crippen LogP contribution in [-0.2, 0) is 4.79 Å². The molecular formula is C27H22FN5O2. The van der Waals surface area contributed by atoms with Gasteiger partial charge in [0.05, 0.1) is 11.4 Å². The number of nitrogens with zero attached hydrogens (tertiary/aromatic N) is 4. The first-order chi connectivity index (χ1) is 17.0. The Morgan fingerprint density at radius 2 is 1.74 bits per heavy atom. The lowest BCUT2D eigenvalue weighted by atomic mass is 9.99. The molecule has 5 rings (SSSR count). The number of rotatable bonds is 4. The van der Waals surface area contributed by atoms with Crippen LogP contribution < -0.4 is 5.73 Å². The molecule has 7 nitrogen and oxygen atoms in total. The molecule has 1 fully saturated rings. The molecule has 1 unspecified atom stereocenters. The number of benzene rings is 2. The number of hydrogen-bond acceptors (Lipinski definition) is 5. The van der Waals surface area contributed by atoms with E-state index in [9.17, 15) is 14.0 Å². The number of hydrogen-bond donors (Lipinski definition) is 1. The molecule has 1 saturated heterocycles. The molecule has 1 atom stereocenters. The van der Waals surface area contributed by atoms with E-state index in [0.29, 0.717) is 35.7 Å². The molecular weight excluding hydrogens is 445 g/mol. The molecule has 3 heterocycles. The van der Waals surface area contributed by atoms with Crippen molar-refractivity contribution >= 4 is 28.5 Å². The molecule has 1 aliphatic rings. The SMILES string of the molecule is CC#CC(=O)N1CCC(n2cc(-c3ccc(C(=O)c4ccc(F)cc4)cc3)c3c(N)ncnc32)C1. The fourth-order valence-electron chi connectivity index (χ4n) is 4.51. The van der Waals surface area contributed by atoms with Gasteiger partial charge in [-0.3, -0.25) is 9.59 Å². The number of nitrogen functional groups attached to an aromatic ring is 1. The van der Waals surface area contributed by atoms with Crippen LogP contribution >= 0.6 is 0 Å². The normalized spacial score (nSPS) is 15.1. The first kappa shape index (κ1) is 22.3. The summed E-state index contributed by atoms with van der Waals surface area (Å²) in [5.41, 5.74) is 9.56. The predicted molar refractivity (Wildman–Crippen MR) is 131 cm³/mol. The van der Waals surface area contributed by atoms with Gasteiger partial charge in [-0.1, -0.05) is 30.2 Å². The van der Waals surface area contributed by atoms with Crippen molar-refractivity contribution in [1.29, 1.82) is 0 Å². The average Bonchev–Trinajstić information content (AvgIpc) is 3.50. The smallest absolute Gasteiger partial charge is 0.298 e. The number of aromatic nitrogens is 3. The van der Waals surface area contributed by atoms with E-state index >= 15 is 0 Å². The third-order valence-corrected chi connectivity index (χ3v) is 6.28. The van der Waals surface area contributed by atoms with Crippen LogP contribution in [0.1, 0.15) is 35.3 Å². The van der Waals surface area contributed by atoms with Gasteiger partial charge in [-0.05, 0) is 49.1 Å². The standard InChI is InChI=1S/C27H22FN5O2/c1-2-3-23(34)32-13-12-21(14-32)33-15-22(24-26(29)30-16-31-27(24)33)17-4-6-18(7-5-17)25(35)19-8-10-20(28)11-9-19/h4-11,15-16,21H,12-14H2,1H3,(H2,29,30,31). The lowest BCUT2D eigenvalue weighted by Gasteiger charge is -2.15. The molecule has 0 aliphatic carbocycles. The highest BCUT2D eigenvalue weighted by Crippen LogP contribution is 2.36. The van der Waals surface area contributed by atoms with Crippen molar-refractivity contribution in [3.63, 3.8) is 0 Å². The Kier molecular flexibility index (Phi) is 5.75. The zero-order valence-corrected chi connectivity index (χ0v) is 19.0. The summed E-state index contributed by atoms with van der Waals surface area (Å²) in [5, 5.41) is 0.725. The third kappa shape index (κ3) is 4.13. The van der Waals surface area contributed by atoms with Gasteiger partial charge >= 0.3 is 0 Å². The minimum absolute atomic E-state index is 0.0301. The van der Waals surface area contributed by atoms with Gasteiger partial charge in [0.1, 0.15) is 23.6 Å². The van der Waals surface area contributed by atoms with Crippen LogP contribution in [0.3, 0.4) is 0 Å². The quantitative estimate of drug-likeness (QED) is 0.364. The van der Waals surface area contributed by atoms with Gasteiger partial charge in [0, 0.05) is 36.0 Å². The summed E-state index contributed by atoms with van der Waals surface area (Å²) < 4.78 is 15.3. The molecule has 0 bridgehead atoms. The number of ketones is 1. The predicted octanol–water partition coefficient (Wildman–Crippen LogP) is 3.85. The largest absolute Gasteiger partial charge is 0.383 e. The molecule has 35 heavy (non-hydrogen) atoms. The van der Waals surface area contributed by atoms with Crippen LogP contribution in [0.5, 0.6) is 0 Å². The zero-order chi connectivity index (χ0) is 24.5. The van der Waals surface area contributed by atoms with Gasteiger partial charge in [0.15, 0.2) is 5.78 Å². The number of carbonyl (C=O) groups excluding carboxylic acids is 2. The molecule has 2 aromatic carbocycles. The number of likely N-dealkylation sites (tertiary alicyclic amines) is 1. The molecule has 1 amide bonds. The summed E-state index contributed by atoms with van der Waals surface area (Å²) in [5.74, 6) is 4.87.